The van der Waals surface area contributed by atoms with Crippen LogP contribution in [0.1, 0.15) is 43.9 Å². The molecule has 0 bridgehead atoms. The number of nitrogens with zero attached hydrogens (tertiary/aromatic N) is 1. The van der Waals surface area contributed by atoms with Crippen LogP contribution in [0.5, 0.6) is 0 Å². The van der Waals surface area contributed by atoms with Gasteiger partial charge in [0, 0.05) is 17.3 Å². The fourth-order valence-electron chi connectivity index (χ4n) is 2.57. The number of carboxylic acids is 1. The highest BCUT2D eigenvalue weighted by Gasteiger charge is 2.08. The Morgan fingerprint density at radius 2 is 2.00 bits per heavy atom. The van der Waals surface area contributed by atoms with Crippen LogP contribution in [-0.2, 0) is 17.6 Å². The van der Waals surface area contributed by atoms with E-state index in [2.05, 4.69) is 11.9 Å². The lowest BCUT2D eigenvalue weighted by molar-refractivity contribution is -0.136. The minimum atomic E-state index is -0.793. The molecule has 0 spiro atoms. The van der Waals surface area contributed by atoms with Gasteiger partial charge < -0.3 is 5.11 Å². The second kappa shape index (κ2) is 7.04. The Morgan fingerprint density at radius 3 is 2.75 bits per heavy atom. The molecule has 1 aromatic heterocycles. The van der Waals surface area contributed by atoms with Crippen molar-refractivity contribution in [2.45, 2.75) is 45.4 Å². The number of pyridine rings is 1. The molecule has 0 unspecified atom stereocenters. The Labute approximate surface area is 119 Å². The Bertz CT molecular complexity index is 593. The molecular weight excluding hydrogens is 250 g/mol. The number of carboxylic acid groups (broad SMARTS) is 1. The molecule has 3 nitrogen and oxygen atoms in total. The zero-order valence-corrected chi connectivity index (χ0v) is 11.9. The number of aliphatic carboxylic acids is 1. The van der Waals surface area contributed by atoms with Crippen LogP contribution < -0.4 is 0 Å². The van der Waals surface area contributed by atoms with Crippen LogP contribution in [0, 0.1) is 0 Å². The Morgan fingerprint density at radius 1 is 1.15 bits per heavy atom. The number of hydrogen-bond acceptors (Lipinski definition) is 2. The van der Waals surface area contributed by atoms with Gasteiger partial charge in [0.2, 0.25) is 0 Å². The molecule has 2 aromatic rings. The quantitative estimate of drug-likeness (QED) is 0.775. The van der Waals surface area contributed by atoms with Crippen molar-refractivity contribution < 1.29 is 9.90 Å². The molecule has 0 saturated heterocycles. The Hall–Kier alpha value is -1.90. The van der Waals surface area contributed by atoms with Gasteiger partial charge in [0.1, 0.15) is 0 Å². The van der Waals surface area contributed by atoms with Crippen molar-refractivity contribution in [2.24, 2.45) is 0 Å². The van der Waals surface area contributed by atoms with Crippen molar-refractivity contribution in [2.75, 3.05) is 0 Å². The van der Waals surface area contributed by atoms with E-state index in [4.69, 9.17) is 5.11 Å². The first-order chi connectivity index (χ1) is 9.72. The van der Waals surface area contributed by atoms with Gasteiger partial charge in [-0.2, -0.15) is 0 Å². The molecule has 2 rings (SSSR count). The molecule has 0 aliphatic rings. The minimum Gasteiger partial charge on any atom is -0.481 e. The topological polar surface area (TPSA) is 50.2 Å². The normalized spacial score (nSPS) is 10.8. The molecule has 0 saturated carbocycles. The highest BCUT2D eigenvalue weighted by Crippen LogP contribution is 2.22. The summed E-state index contributed by atoms with van der Waals surface area (Å²) in [5, 5.41) is 11.1. The number of benzene rings is 1. The molecule has 1 aromatic carbocycles. The number of unbranched alkanes of at least 4 members (excludes halogenated alkanes) is 3. The number of rotatable bonds is 7. The highest BCUT2D eigenvalue weighted by molar-refractivity contribution is 5.90. The molecular formula is C17H21NO2. The van der Waals surface area contributed by atoms with Crippen LogP contribution in [0.25, 0.3) is 10.8 Å². The van der Waals surface area contributed by atoms with Crippen LogP contribution in [0.4, 0.5) is 0 Å². The molecule has 0 fully saturated rings. The van der Waals surface area contributed by atoms with E-state index >= 15 is 0 Å². The third kappa shape index (κ3) is 3.56. The summed E-state index contributed by atoms with van der Waals surface area (Å²) in [6.07, 6.45) is 7.68. The number of carbonyl (C=O) groups is 1. The van der Waals surface area contributed by atoms with E-state index in [1.807, 2.05) is 24.3 Å². The lowest BCUT2D eigenvalue weighted by atomic mass is 9.99. The van der Waals surface area contributed by atoms with E-state index in [1.54, 1.807) is 6.20 Å². The summed E-state index contributed by atoms with van der Waals surface area (Å²) in [6, 6.07) is 7.78. The zero-order valence-electron chi connectivity index (χ0n) is 11.9. The monoisotopic (exact) mass is 271 g/mol. The molecule has 0 aliphatic carbocycles. The number of aryl methyl sites for hydroxylation is 1. The number of fused-ring (bicyclic) bond motifs is 1. The zero-order chi connectivity index (χ0) is 14.4. The van der Waals surface area contributed by atoms with Crippen LogP contribution in [-0.4, -0.2) is 16.1 Å². The first-order valence-electron chi connectivity index (χ1n) is 7.29. The van der Waals surface area contributed by atoms with Crippen molar-refractivity contribution >= 4 is 16.7 Å². The predicted molar refractivity (Wildman–Crippen MR) is 80.9 cm³/mol. The van der Waals surface area contributed by atoms with E-state index in [1.165, 1.54) is 19.3 Å². The average molecular weight is 271 g/mol. The Balaban J connectivity index is 2.25. The number of aromatic nitrogens is 1. The predicted octanol–water partition coefficient (Wildman–Crippen LogP) is 3.98. The lowest BCUT2D eigenvalue weighted by Gasteiger charge is -2.08. The van der Waals surface area contributed by atoms with Crippen LogP contribution in [0.15, 0.2) is 30.5 Å². The molecule has 1 heterocycles. The first-order valence-corrected chi connectivity index (χ1v) is 7.29. The lowest BCUT2D eigenvalue weighted by Crippen LogP contribution is -2.01. The van der Waals surface area contributed by atoms with Crippen molar-refractivity contribution in [3.8, 4) is 0 Å². The van der Waals surface area contributed by atoms with Crippen molar-refractivity contribution in [3.05, 3.63) is 41.7 Å². The third-order valence-electron chi connectivity index (χ3n) is 3.59. The second-order valence-corrected chi connectivity index (χ2v) is 5.15. The van der Waals surface area contributed by atoms with Gasteiger partial charge in [0.05, 0.1) is 6.42 Å². The van der Waals surface area contributed by atoms with E-state index in [0.717, 1.165) is 34.9 Å². The fourth-order valence-corrected chi connectivity index (χ4v) is 2.57. The summed E-state index contributed by atoms with van der Waals surface area (Å²) < 4.78 is 0. The largest absolute Gasteiger partial charge is 0.481 e. The van der Waals surface area contributed by atoms with E-state index in [0.29, 0.717) is 0 Å². The molecule has 106 valence electrons. The van der Waals surface area contributed by atoms with Crippen LogP contribution in [0.2, 0.25) is 0 Å². The molecule has 0 radical (unpaired) electrons. The molecule has 3 heteroatoms. The van der Waals surface area contributed by atoms with Crippen molar-refractivity contribution in [3.63, 3.8) is 0 Å². The van der Waals surface area contributed by atoms with Gasteiger partial charge in [-0.3, -0.25) is 9.78 Å². The van der Waals surface area contributed by atoms with Gasteiger partial charge in [0.15, 0.2) is 0 Å². The summed E-state index contributed by atoms with van der Waals surface area (Å²) in [7, 11) is 0. The smallest absolute Gasteiger partial charge is 0.307 e. The third-order valence-corrected chi connectivity index (χ3v) is 3.59. The van der Waals surface area contributed by atoms with Gasteiger partial charge in [-0.1, -0.05) is 44.4 Å². The maximum Gasteiger partial charge on any atom is 0.307 e. The van der Waals surface area contributed by atoms with Gasteiger partial charge >= 0.3 is 5.97 Å². The Kier molecular flexibility index (Phi) is 5.10. The molecule has 0 atom stereocenters. The molecule has 20 heavy (non-hydrogen) atoms. The van der Waals surface area contributed by atoms with Crippen molar-refractivity contribution in [1.29, 1.82) is 0 Å². The summed E-state index contributed by atoms with van der Waals surface area (Å²) >= 11 is 0. The van der Waals surface area contributed by atoms with Gasteiger partial charge in [0.25, 0.3) is 0 Å². The average Bonchev–Trinajstić information content (AvgIpc) is 2.44. The summed E-state index contributed by atoms with van der Waals surface area (Å²) in [4.78, 5) is 15.4. The summed E-state index contributed by atoms with van der Waals surface area (Å²) in [5.41, 5.74) is 1.96. The van der Waals surface area contributed by atoms with Crippen LogP contribution in [0.3, 0.4) is 0 Å². The highest BCUT2D eigenvalue weighted by atomic mass is 16.4. The first kappa shape index (κ1) is 14.5. The minimum absolute atomic E-state index is 0.0661. The van der Waals surface area contributed by atoms with E-state index in [9.17, 15) is 4.79 Å². The van der Waals surface area contributed by atoms with Crippen LogP contribution >= 0.6 is 0 Å². The standard InChI is InChI=1S/C17H21NO2/c1-2-3-4-5-9-16-15-8-6-7-13(12-17(19)20)14(15)10-11-18-16/h6-8,10-11H,2-5,9,12H2,1H3,(H,19,20). The van der Waals surface area contributed by atoms with E-state index < -0.39 is 5.97 Å². The maximum atomic E-state index is 10.9. The van der Waals surface area contributed by atoms with E-state index in [-0.39, 0.29) is 6.42 Å². The van der Waals surface area contributed by atoms with Gasteiger partial charge in [-0.25, -0.2) is 0 Å². The van der Waals surface area contributed by atoms with Gasteiger partial charge in [-0.15, -0.1) is 0 Å². The summed E-state index contributed by atoms with van der Waals surface area (Å²) in [6.45, 7) is 2.20. The maximum absolute atomic E-state index is 10.9. The SMILES string of the molecule is CCCCCCc1nccc2c(CC(=O)O)cccc12. The molecule has 0 aliphatic heterocycles. The van der Waals surface area contributed by atoms with Gasteiger partial charge in [-0.05, 0) is 29.9 Å². The number of hydrogen-bond donors (Lipinski definition) is 1. The summed E-state index contributed by atoms with van der Waals surface area (Å²) in [5.74, 6) is -0.793. The second-order valence-electron chi connectivity index (χ2n) is 5.15. The van der Waals surface area contributed by atoms with Crippen molar-refractivity contribution in [1.82, 2.24) is 4.98 Å². The fraction of sp³-hybridized carbons (Fsp3) is 0.412. The molecule has 0 amide bonds. The molecule has 1 N–H and O–H groups in total.